The first kappa shape index (κ1) is 19.9. The third-order valence-corrected chi connectivity index (χ3v) is 6.91. The van der Waals surface area contributed by atoms with Gasteiger partial charge >= 0.3 is 0 Å². The number of morpholine rings is 1. The standard InChI is InChI=1S/C22H19N3O4S2/c26-18(12-14-13-31-21(23-14)17-6-3-11-30-17)24-19-15-4-1-2-5-16(15)29-20(19)22(27)25-7-9-28-10-8-25/h1-6,11,13H,7-10,12H2,(H,24,26). The largest absolute Gasteiger partial charge is 0.449 e. The quantitative estimate of drug-likeness (QED) is 0.488. The summed E-state index contributed by atoms with van der Waals surface area (Å²) in [6.07, 6.45) is 0.118. The molecule has 0 spiro atoms. The van der Waals surface area contributed by atoms with Gasteiger partial charge in [-0.15, -0.1) is 22.7 Å². The monoisotopic (exact) mass is 453 g/mol. The molecule has 2 amide bonds. The smallest absolute Gasteiger partial charge is 0.291 e. The van der Waals surface area contributed by atoms with Gasteiger partial charge in [-0.05, 0) is 23.6 Å². The maximum absolute atomic E-state index is 13.1. The van der Waals surface area contributed by atoms with Crippen LogP contribution < -0.4 is 5.32 Å². The van der Waals surface area contributed by atoms with Crippen LogP contribution in [-0.4, -0.2) is 48.0 Å². The van der Waals surface area contributed by atoms with E-state index in [-0.39, 0.29) is 24.0 Å². The number of thiazole rings is 1. The van der Waals surface area contributed by atoms with Gasteiger partial charge in [-0.3, -0.25) is 9.59 Å². The first-order valence-corrected chi connectivity index (χ1v) is 11.6. The predicted molar refractivity (Wildman–Crippen MR) is 121 cm³/mol. The molecule has 0 saturated carbocycles. The minimum absolute atomic E-state index is 0.118. The summed E-state index contributed by atoms with van der Waals surface area (Å²) in [6, 6.07) is 11.3. The molecule has 1 aromatic carbocycles. The molecule has 3 aromatic heterocycles. The number of amides is 2. The van der Waals surface area contributed by atoms with Gasteiger partial charge in [0.2, 0.25) is 11.7 Å². The number of rotatable bonds is 5. The Bertz CT molecular complexity index is 1220. The lowest BCUT2D eigenvalue weighted by atomic mass is 10.2. The number of carbonyl (C=O) groups is 2. The number of anilines is 1. The van der Waals surface area contributed by atoms with E-state index in [0.717, 1.165) is 9.88 Å². The molecule has 1 aliphatic heterocycles. The Morgan fingerprint density at radius 2 is 1.94 bits per heavy atom. The second kappa shape index (κ2) is 8.62. The number of carbonyl (C=O) groups excluding carboxylic acids is 2. The summed E-state index contributed by atoms with van der Waals surface area (Å²) in [7, 11) is 0. The fourth-order valence-electron chi connectivity index (χ4n) is 3.48. The van der Waals surface area contributed by atoms with Gasteiger partial charge in [0.05, 0.1) is 30.2 Å². The molecule has 1 N–H and O–H groups in total. The molecule has 0 atom stereocenters. The van der Waals surface area contributed by atoms with E-state index in [0.29, 0.717) is 48.7 Å². The van der Waals surface area contributed by atoms with Crippen molar-refractivity contribution in [2.75, 3.05) is 31.6 Å². The van der Waals surface area contributed by atoms with Crippen molar-refractivity contribution in [3.63, 3.8) is 0 Å². The number of thiophene rings is 1. The van der Waals surface area contributed by atoms with Crippen molar-refractivity contribution in [2.24, 2.45) is 0 Å². The van der Waals surface area contributed by atoms with Gasteiger partial charge in [0.1, 0.15) is 16.3 Å². The summed E-state index contributed by atoms with van der Waals surface area (Å²) >= 11 is 3.13. The van der Waals surface area contributed by atoms with Crippen molar-refractivity contribution in [3.05, 3.63) is 58.6 Å². The summed E-state index contributed by atoms with van der Waals surface area (Å²) in [5.74, 6) is -0.344. The number of para-hydroxylation sites is 1. The van der Waals surface area contributed by atoms with Crippen LogP contribution in [0, 0.1) is 0 Å². The summed E-state index contributed by atoms with van der Waals surface area (Å²) in [5.41, 5.74) is 1.66. The lowest BCUT2D eigenvalue weighted by molar-refractivity contribution is -0.115. The van der Waals surface area contributed by atoms with Crippen LogP contribution >= 0.6 is 22.7 Å². The van der Waals surface area contributed by atoms with Gasteiger partial charge in [-0.2, -0.15) is 0 Å². The van der Waals surface area contributed by atoms with Gasteiger partial charge in [0.25, 0.3) is 5.91 Å². The third-order valence-electron chi connectivity index (χ3n) is 4.98. The highest BCUT2D eigenvalue weighted by Crippen LogP contribution is 2.32. The molecule has 0 radical (unpaired) electrons. The molecule has 1 fully saturated rings. The minimum Gasteiger partial charge on any atom is -0.449 e. The van der Waals surface area contributed by atoms with Gasteiger partial charge in [-0.25, -0.2) is 4.98 Å². The van der Waals surface area contributed by atoms with Crippen LogP contribution in [0.4, 0.5) is 5.69 Å². The van der Waals surface area contributed by atoms with Crippen molar-refractivity contribution in [1.29, 1.82) is 0 Å². The molecule has 0 bridgehead atoms. The molecule has 1 aliphatic rings. The number of furan rings is 1. The molecular weight excluding hydrogens is 434 g/mol. The number of nitrogens with one attached hydrogen (secondary N) is 1. The molecule has 0 unspecified atom stereocenters. The van der Waals surface area contributed by atoms with Crippen molar-refractivity contribution in [2.45, 2.75) is 6.42 Å². The van der Waals surface area contributed by atoms with Gasteiger partial charge in [0, 0.05) is 23.9 Å². The molecule has 1 saturated heterocycles. The second-order valence-electron chi connectivity index (χ2n) is 7.05. The Labute approximate surface area is 186 Å². The number of fused-ring (bicyclic) bond motifs is 1. The topological polar surface area (TPSA) is 84.7 Å². The summed E-state index contributed by atoms with van der Waals surface area (Å²) in [6.45, 7) is 1.97. The highest BCUT2D eigenvalue weighted by Gasteiger charge is 2.27. The number of hydrogen-bond donors (Lipinski definition) is 1. The van der Waals surface area contributed by atoms with Crippen LogP contribution in [0.1, 0.15) is 16.2 Å². The highest BCUT2D eigenvalue weighted by atomic mass is 32.1. The molecule has 0 aliphatic carbocycles. The number of nitrogens with zero attached hydrogens (tertiary/aromatic N) is 2. The zero-order chi connectivity index (χ0) is 21.2. The van der Waals surface area contributed by atoms with Crippen LogP contribution in [-0.2, 0) is 16.0 Å². The van der Waals surface area contributed by atoms with Crippen LogP contribution in [0.25, 0.3) is 20.9 Å². The van der Waals surface area contributed by atoms with Crippen molar-refractivity contribution in [3.8, 4) is 9.88 Å². The molecule has 31 heavy (non-hydrogen) atoms. The van der Waals surface area contributed by atoms with Gasteiger partial charge in [-0.1, -0.05) is 18.2 Å². The van der Waals surface area contributed by atoms with Gasteiger partial charge < -0.3 is 19.4 Å². The number of ether oxygens (including phenoxy) is 1. The van der Waals surface area contributed by atoms with E-state index in [9.17, 15) is 9.59 Å². The van der Waals surface area contributed by atoms with Crippen LogP contribution in [0.5, 0.6) is 0 Å². The third kappa shape index (κ3) is 4.12. The normalized spacial score (nSPS) is 14.1. The molecule has 5 rings (SSSR count). The Balaban J connectivity index is 1.39. The Hall–Kier alpha value is -3.01. The summed E-state index contributed by atoms with van der Waals surface area (Å²) in [5, 5.41) is 8.39. The fourth-order valence-corrected chi connectivity index (χ4v) is 5.11. The van der Waals surface area contributed by atoms with Crippen LogP contribution in [0.3, 0.4) is 0 Å². The Kier molecular flexibility index (Phi) is 5.54. The van der Waals surface area contributed by atoms with Crippen LogP contribution in [0.2, 0.25) is 0 Å². The molecular formula is C22H19N3O4S2. The second-order valence-corrected chi connectivity index (χ2v) is 8.86. The first-order valence-electron chi connectivity index (χ1n) is 9.86. The van der Waals surface area contributed by atoms with E-state index in [1.54, 1.807) is 22.3 Å². The lowest BCUT2D eigenvalue weighted by Crippen LogP contribution is -2.40. The van der Waals surface area contributed by atoms with E-state index >= 15 is 0 Å². The number of aromatic nitrogens is 1. The average Bonchev–Trinajstić information content (AvgIpc) is 3.54. The zero-order valence-corrected chi connectivity index (χ0v) is 18.1. The van der Waals surface area contributed by atoms with E-state index in [4.69, 9.17) is 9.15 Å². The van der Waals surface area contributed by atoms with E-state index < -0.39 is 0 Å². The maximum Gasteiger partial charge on any atom is 0.291 e. The van der Waals surface area contributed by atoms with Crippen molar-refractivity contribution in [1.82, 2.24) is 9.88 Å². The molecule has 9 heteroatoms. The molecule has 7 nitrogen and oxygen atoms in total. The lowest BCUT2D eigenvalue weighted by Gasteiger charge is -2.26. The maximum atomic E-state index is 13.1. The Morgan fingerprint density at radius 1 is 1.10 bits per heavy atom. The van der Waals surface area contributed by atoms with Crippen molar-refractivity contribution < 1.29 is 18.7 Å². The van der Waals surface area contributed by atoms with E-state index in [2.05, 4.69) is 10.3 Å². The Morgan fingerprint density at radius 3 is 2.74 bits per heavy atom. The first-order chi connectivity index (χ1) is 15.2. The minimum atomic E-state index is -0.247. The molecule has 158 valence electrons. The summed E-state index contributed by atoms with van der Waals surface area (Å²) in [4.78, 5) is 33.3. The number of benzene rings is 1. The fraction of sp³-hybridized carbons (Fsp3) is 0.227. The van der Waals surface area contributed by atoms with E-state index in [1.807, 2.05) is 41.1 Å². The van der Waals surface area contributed by atoms with E-state index in [1.165, 1.54) is 11.3 Å². The number of hydrogen-bond acceptors (Lipinski definition) is 7. The molecule has 4 aromatic rings. The van der Waals surface area contributed by atoms with Crippen molar-refractivity contribution >= 4 is 51.1 Å². The highest BCUT2D eigenvalue weighted by molar-refractivity contribution is 7.20. The summed E-state index contributed by atoms with van der Waals surface area (Å²) < 4.78 is 11.2. The molecule has 4 heterocycles. The zero-order valence-electron chi connectivity index (χ0n) is 16.5. The predicted octanol–water partition coefficient (Wildman–Crippen LogP) is 4.27. The van der Waals surface area contributed by atoms with Crippen LogP contribution in [0.15, 0.2) is 51.6 Å². The van der Waals surface area contributed by atoms with Gasteiger partial charge in [0.15, 0.2) is 0 Å². The SMILES string of the molecule is O=C(Cc1csc(-c2cccs2)n1)Nc1c(C(=O)N2CCOCC2)oc2ccccc12. The average molecular weight is 454 g/mol.